The molecule has 0 saturated carbocycles. The summed E-state index contributed by atoms with van der Waals surface area (Å²) >= 11 is 5.70. The molecule has 0 radical (unpaired) electrons. The quantitative estimate of drug-likeness (QED) is 0.596. The number of halogens is 1. The van der Waals surface area contributed by atoms with E-state index < -0.39 is 11.9 Å². The van der Waals surface area contributed by atoms with Crippen molar-refractivity contribution in [2.24, 2.45) is 0 Å². The smallest absolute Gasteiger partial charge is 0.540 e. The molecule has 76 valence electrons. The fourth-order valence-electron chi connectivity index (χ4n) is 1.12. The van der Waals surface area contributed by atoms with E-state index >= 15 is 0 Å². The van der Waals surface area contributed by atoms with Crippen molar-refractivity contribution in [2.75, 3.05) is 0 Å². The van der Waals surface area contributed by atoms with Crippen LogP contribution in [0.25, 0.3) is 11.3 Å². The van der Waals surface area contributed by atoms with E-state index in [-0.39, 0.29) is 29.6 Å². The molecular formula is C10H5ClNNaO3. The van der Waals surface area contributed by atoms with Crippen LogP contribution in [-0.4, -0.2) is 11.0 Å². The van der Waals surface area contributed by atoms with Crippen LogP contribution >= 0.6 is 11.6 Å². The molecule has 0 unspecified atom stereocenters. The van der Waals surface area contributed by atoms with Crippen LogP contribution in [-0.2, 0) is 0 Å². The number of hydrogen-bond acceptors (Lipinski definition) is 4. The van der Waals surface area contributed by atoms with E-state index in [2.05, 4.69) is 4.98 Å². The van der Waals surface area contributed by atoms with Gasteiger partial charge < -0.3 is 14.3 Å². The van der Waals surface area contributed by atoms with Crippen LogP contribution in [0.5, 0.6) is 0 Å². The molecule has 2 aromatic rings. The fourth-order valence-corrected chi connectivity index (χ4v) is 1.24. The number of benzene rings is 1. The first-order chi connectivity index (χ1) is 7.16. The molecule has 0 bridgehead atoms. The van der Waals surface area contributed by atoms with Gasteiger partial charge in [0.1, 0.15) is 5.97 Å². The number of nitrogens with zero attached hydrogens (tertiary/aromatic N) is 1. The zero-order chi connectivity index (χ0) is 10.8. The Bertz CT molecular complexity index is 495. The summed E-state index contributed by atoms with van der Waals surface area (Å²) in [6, 6.07) is 6.78. The van der Waals surface area contributed by atoms with E-state index in [0.29, 0.717) is 16.3 Å². The molecule has 0 atom stereocenters. The van der Waals surface area contributed by atoms with Crippen LogP contribution in [0.15, 0.2) is 34.9 Å². The Labute approximate surface area is 119 Å². The predicted molar refractivity (Wildman–Crippen MR) is 51.3 cm³/mol. The van der Waals surface area contributed by atoms with Gasteiger partial charge in [-0.15, -0.1) is 0 Å². The fraction of sp³-hybridized carbons (Fsp3) is 0. The summed E-state index contributed by atoms with van der Waals surface area (Å²) in [7, 11) is 0. The van der Waals surface area contributed by atoms with E-state index in [1.54, 1.807) is 24.3 Å². The van der Waals surface area contributed by atoms with Crippen LogP contribution in [0.4, 0.5) is 0 Å². The van der Waals surface area contributed by atoms with Crippen LogP contribution < -0.4 is 34.7 Å². The minimum absolute atomic E-state index is 0. The molecule has 6 heteroatoms. The number of carbonyl (C=O) groups excluding carboxylic acids is 1. The molecule has 16 heavy (non-hydrogen) atoms. The number of carboxylic acid groups (broad SMARTS) is 1. The Kier molecular flexibility index (Phi) is 4.56. The summed E-state index contributed by atoms with van der Waals surface area (Å²) in [5.41, 5.74) is 0.708. The molecule has 4 nitrogen and oxygen atoms in total. The summed E-state index contributed by atoms with van der Waals surface area (Å²) in [6.45, 7) is 0. The van der Waals surface area contributed by atoms with Crippen molar-refractivity contribution in [3.63, 3.8) is 0 Å². The molecule has 0 aliphatic carbocycles. The number of carboxylic acids is 1. The second kappa shape index (κ2) is 5.50. The minimum Gasteiger partial charge on any atom is -0.540 e. The molecule has 0 aliphatic rings. The zero-order valence-corrected chi connectivity index (χ0v) is 11.2. The molecule has 0 N–H and O–H groups in total. The topological polar surface area (TPSA) is 66.2 Å². The van der Waals surface area contributed by atoms with E-state index in [1.165, 1.54) is 6.20 Å². The first-order valence-corrected chi connectivity index (χ1v) is 4.48. The first kappa shape index (κ1) is 13.3. The molecule has 1 aromatic carbocycles. The van der Waals surface area contributed by atoms with Gasteiger partial charge in [0.2, 0.25) is 5.89 Å². The summed E-state index contributed by atoms with van der Waals surface area (Å²) < 4.78 is 4.95. The van der Waals surface area contributed by atoms with Gasteiger partial charge in [-0.25, -0.2) is 4.98 Å². The van der Waals surface area contributed by atoms with Gasteiger partial charge in [0.25, 0.3) is 0 Å². The van der Waals surface area contributed by atoms with Crippen LogP contribution in [0.1, 0.15) is 10.7 Å². The Morgan fingerprint density at radius 2 is 1.94 bits per heavy atom. The van der Waals surface area contributed by atoms with E-state index in [9.17, 15) is 9.90 Å². The van der Waals surface area contributed by atoms with Crippen molar-refractivity contribution in [1.82, 2.24) is 4.98 Å². The van der Waals surface area contributed by atoms with Gasteiger partial charge >= 0.3 is 29.6 Å². The van der Waals surface area contributed by atoms with Gasteiger partial charge in [0, 0.05) is 10.6 Å². The van der Waals surface area contributed by atoms with E-state index in [1.807, 2.05) is 0 Å². The van der Waals surface area contributed by atoms with Gasteiger partial charge in [-0.1, -0.05) is 11.6 Å². The van der Waals surface area contributed by atoms with Gasteiger partial charge in [0.15, 0.2) is 5.76 Å². The molecule has 2 rings (SSSR count). The average molecular weight is 246 g/mol. The van der Waals surface area contributed by atoms with Crippen molar-refractivity contribution in [3.05, 3.63) is 41.4 Å². The maximum Gasteiger partial charge on any atom is 1.00 e. The van der Waals surface area contributed by atoms with Gasteiger partial charge in [-0.2, -0.15) is 0 Å². The molecule has 0 spiro atoms. The Hall–Kier alpha value is -0.810. The summed E-state index contributed by atoms with van der Waals surface area (Å²) in [6.07, 6.45) is 1.33. The largest absolute Gasteiger partial charge is 1.00 e. The van der Waals surface area contributed by atoms with Gasteiger partial charge in [-0.05, 0) is 24.3 Å². The third kappa shape index (κ3) is 2.86. The summed E-state index contributed by atoms with van der Waals surface area (Å²) in [4.78, 5) is 14.0. The average Bonchev–Trinajstić information content (AvgIpc) is 2.68. The number of oxazole rings is 1. The summed E-state index contributed by atoms with van der Waals surface area (Å²) in [5.74, 6) is -1.50. The van der Waals surface area contributed by atoms with Crippen molar-refractivity contribution in [3.8, 4) is 11.3 Å². The molecule has 1 aromatic heterocycles. The van der Waals surface area contributed by atoms with Crippen molar-refractivity contribution in [2.45, 2.75) is 0 Å². The number of rotatable bonds is 2. The maximum atomic E-state index is 10.4. The predicted octanol–water partition coefficient (Wildman–Crippen LogP) is -1.64. The molecule has 0 amide bonds. The minimum atomic E-state index is -1.43. The number of aromatic nitrogens is 1. The second-order valence-electron chi connectivity index (χ2n) is 2.82. The standard InChI is InChI=1S/C10H6ClNO3.Na/c11-7-3-1-6(2-4-7)8-5-12-9(15-8)10(13)14;/h1-5H,(H,13,14);/q;+1/p-1. The van der Waals surface area contributed by atoms with Crippen LogP contribution in [0.2, 0.25) is 5.02 Å². The third-order valence-corrected chi connectivity index (χ3v) is 2.06. The van der Waals surface area contributed by atoms with Crippen LogP contribution in [0, 0.1) is 0 Å². The number of hydrogen-bond donors (Lipinski definition) is 0. The first-order valence-electron chi connectivity index (χ1n) is 4.10. The Morgan fingerprint density at radius 1 is 1.31 bits per heavy atom. The van der Waals surface area contributed by atoms with Crippen molar-refractivity contribution in [1.29, 1.82) is 0 Å². The van der Waals surface area contributed by atoms with E-state index in [0.717, 1.165) is 0 Å². The van der Waals surface area contributed by atoms with Crippen molar-refractivity contribution < 1.29 is 43.9 Å². The second-order valence-corrected chi connectivity index (χ2v) is 3.26. The van der Waals surface area contributed by atoms with Crippen LogP contribution in [0.3, 0.4) is 0 Å². The van der Waals surface area contributed by atoms with Crippen molar-refractivity contribution >= 4 is 17.6 Å². The molecule has 0 fully saturated rings. The number of carbonyl (C=O) groups is 1. The molecule has 1 heterocycles. The SMILES string of the molecule is O=C([O-])c1ncc(-c2ccc(Cl)cc2)o1.[Na+]. The van der Waals surface area contributed by atoms with Gasteiger partial charge in [0.05, 0.1) is 6.20 Å². The monoisotopic (exact) mass is 245 g/mol. The molecule has 0 saturated heterocycles. The Balaban J connectivity index is 0.00000128. The molecular weight excluding hydrogens is 241 g/mol. The number of aromatic carboxylic acids is 1. The molecule has 0 aliphatic heterocycles. The maximum absolute atomic E-state index is 10.4. The Morgan fingerprint density at radius 3 is 2.44 bits per heavy atom. The zero-order valence-electron chi connectivity index (χ0n) is 8.44. The normalized spacial score (nSPS) is 9.56. The van der Waals surface area contributed by atoms with E-state index in [4.69, 9.17) is 16.0 Å². The third-order valence-electron chi connectivity index (χ3n) is 1.81. The summed E-state index contributed by atoms with van der Waals surface area (Å²) in [5, 5.41) is 11.0. The van der Waals surface area contributed by atoms with Gasteiger partial charge in [-0.3, -0.25) is 0 Å².